The Morgan fingerprint density at radius 2 is 1.88 bits per heavy atom. The van der Waals surface area contributed by atoms with Gasteiger partial charge in [-0.2, -0.15) is 0 Å². The summed E-state index contributed by atoms with van der Waals surface area (Å²) in [6.45, 7) is 0.422. The third-order valence-corrected chi connectivity index (χ3v) is 3.99. The molecule has 0 fully saturated rings. The molecule has 1 aromatic carbocycles. The summed E-state index contributed by atoms with van der Waals surface area (Å²) in [6.07, 6.45) is 0. The predicted molar refractivity (Wildman–Crippen MR) is 66.0 cm³/mol. The molecule has 1 rings (SSSR count). The fourth-order valence-electron chi connectivity index (χ4n) is 1.10. The largest absolute Gasteiger partial charge is 0.242 e. The van der Waals surface area contributed by atoms with Crippen molar-refractivity contribution in [2.75, 3.05) is 14.1 Å². The van der Waals surface area contributed by atoms with Crippen molar-refractivity contribution >= 4 is 27.4 Å². The molecule has 0 saturated heterocycles. The van der Waals surface area contributed by atoms with Crippen molar-refractivity contribution in [2.24, 2.45) is 4.99 Å². The van der Waals surface area contributed by atoms with Gasteiger partial charge in [-0.1, -0.05) is 12.1 Å². The van der Waals surface area contributed by atoms with Gasteiger partial charge >= 0.3 is 0 Å². The Bertz CT molecular complexity index is 500. The van der Waals surface area contributed by atoms with Crippen molar-refractivity contribution in [2.45, 2.75) is 11.4 Å². The van der Waals surface area contributed by atoms with Crippen LogP contribution < -0.4 is 0 Å². The Labute approximate surface area is 101 Å². The quantitative estimate of drug-likeness (QED) is 0.606. The van der Waals surface area contributed by atoms with Gasteiger partial charge in [0.05, 0.1) is 16.6 Å². The highest BCUT2D eigenvalue weighted by atomic mass is 32.2. The van der Waals surface area contributed by atoms with E-state index in [1.165, 1.54) is 18.4 Å². The Morgan fingerprint density at radius 1 is 1.31 bits per heavy atom. The first-order valence-corrected chi connectivity index (χ1v) is 6.38. The van der Waals surface area contributed by atoms with Crippen molar-refractivity contribution < 1.29 is 8.42 Å². The van der Waals surface area contributed by atoms with Crippen LogP contribution in [0.25, 0.3) is 0 Å². The zero-order valence-corrected chi connectivity index (χ0v) is 10.7. The van der Waals surface area contributed by atoms with E-state index in [2.05, 4.69) is 22.4 Å². The lowest BCUT2D eigenvalue weighted by Gasteiger charge is -2.11. The SMILES string of the molecule is CN(C)S(=O)(=O)c1ccc(CN=C=S)cc1. The number of rotatable bonds is 4. The predicted octanol–water partition coefficient (Wildman–Crippen LogP) is 1.54. The number of sulfonamides is 1. The summed E-state index contributed by atoms with van der Waals surface area (Å²) >= 11 is 4.45. The number of nitrogens with zero attached hydrogens (tertiary/aromatic N) is 2. The molecule has 0 aromatic heterocycles. The van der Waals surface area contributed by atoms with Gasteiger partial charge in [0.15, 0.2) is 0 Å². The van der Waals surface area contributed by atoms with Gasteiger partial charge in [0.2, 0.25) is 10.0 Å². The normalized spacial score (nSPS) is 11.2. The molecule has 0 atom stereocenters. The van der Waals surface area contributed by atoms with Crippen LogP contribution in [0.15, 0.2) is 34.2 Å². The number of isothiocyanates is 1. The lowest BCUT2D eigenvalue weighted by atomic mass is 10.2. The van der Waals surface area contributed by atoms with Crippen molar-refractivity contribution in [3.8, 4) is 0 Å². The lowest BCUT2D eigenvalue weighted by Crippen LogP contribution is -2.22. The van der Waals surface area contributed by atoms with Crippen molar-refractivity contribution in [1.82, 2.24) is 4.31 Å². The van der Waals surface area contributed by atoms with Crippen LogP contribution in [0, 0.1) is 0 Å². The summed E-state index contributed by atoms with van der Waals surface area (Å²) in [5.41, 5.74) is 0.898. The smallest absolute Gasteiger partial charge is 0.228 e. The molecule has 0 N–H and O–H groups in total. The molecule has 4 nitrogen and oxygen atoms in total. The number of hydrogen-bond donors (Lipinski definition) is 0. The molecule has 0 aliphatic heterocycles. The molecule has 0 heterocycles. The third-order valence-electron chi connectivity index (χ3n) is 2.03. The first kappa shape index (κ1) is 13.0. The van der Waals surface area contributed by atoms with E-state index >= 15 is 0 Å². The summed E-state index contributed by atoms with van der Waals surface area (Å²) in [4.78, 5) is 4.04. The molecule has 0 unspecified atom stereocenters. The minimum absolute atomic E-state index is 0.271. The molecule has 0 aliphatic carbocycles. The van der Waals surface area contributed by atoms with Crippen LogP contribution in [0.2, 0.25) is 0 Å². The minimum Gasteiger partial charge on any atom is -0.228 e. The number of benzene rings is 1. The fourth-order valence-corrected chi connectivity index (χ4v) is 2.07. The van der Waals surface area contributed by atoms with Gasteiger partial charge in [-0.05, 0) is 29.9 Å². The minimum atomic E-state index is -3.35. The second-order valence-corrected chi connectivity index (χ2v) is 5.67. The highest BCUT2D eigenvalue weighted by Crippen LogP contribution is 2.14. The second kappa shape index (κ2) is 5.32. The lowest BCUT2D eigenvalue weighted by molar-refractivity contribution is 0.520. The standard InChI is InChI=1S/C10H12N2O2S2/c1-12(2)16(13,14)10-5-3-9(4-6-10)7-11-8-15/h3-6H,7H2,1-2H3. The molecule has 0 bridgehead atoms. The Kier molecular flexibility index (Phi) is 4.32. The topological polar surface area (TPSA) is 49.7 Å². The van der Waals surface area contributed by atoms with Gasteiger partial charge in [0.25, 0.3) is 0 Å². The van der Waals surface area contributed by atoms with Crippen LogP contribution >= 0.6 is 12.2 Å². The first-order chi connectivity index (χ1) is 7.48. The van der Waals surface area contributed by atoms with E-state index in [1.54, 1.807) is 24.3 Å². The van der Waals surface area contributed by atoms with Gasteiger partial charge < -0.3 is 0 Å². The molecule has 6 heteroatoms. The Morgan fingerprint density at radius 3 is 2.31 bits per heavy atom. The zero-order valence-electron chi connectivity index (χ0n) is 9.04. The van der Waals surface area contributed by atoms with E-state index in [0.29, 0.717) is 6.54 Å². The summed E-state index contributed by atoms with van der Waals surface area (Å²) < 4.78 is 24.6. The van der Waals surface area contributed by atoms with Crippen molar-refractivity contribution in [3.05, 3.63) is 29.8 Å². The van der Waals surface area contributed by atoms with Crippen molar-refractivity contribution in [3.63, 3.8) is 0 Å². The average molecular weight is 256 g/mol. The van der Waals surface area contributed by atoms with Gasteiger partial charge in [-0.25, -0.2) is 17.7 Å². The maximum absolute atomic E-state index is 11.7. The first-order valence-electron chi connectivity index (χ1n) is 4.53. The molecule has 0 spiro atoms. The summed E-state index contributed by atoms with van der Waals surface area (Å²) in [5.74, 6) is 0. The van der Waals surface area contributed by atoms with Gasteiger partial charge in [-0.3, -0.25) is 0 Å². The number of aliphatic imine (C=N–C) groups is 1. The van der Waals surface area contributed by atoms with E-state index in [4.69, 9.17) is 0 Å². The molecular weight excluding hydrogens is 244 g/mol. The molecule has 0 saturated carbocycles. The highest BCUT2D eigenvalue weighted by molar-refractivity contribution is 7.89. The van der Waals surface area contributed by atoms with Crippen LogP contribution in [-0.2, 0) is 16.6 Å². The monoisotopic (exact) mass is 256 g/mol. The molecule has 1 aromatic rings. The molecule has 16 heavy (non-hydrogen) atoms. The van der Waals surface area contributed by atoms with Crippen LogP contribution in [0.5, 0.6) is 0 Å². The third kappa shape index (κ3) is 2.96. The highest BCUT2D eigenvalue weighted by Gasteiger charge is 2.16. The molecule has 0 radical (unpaired) electrons. The Balaban J connectivity index is 3.00. The maximum atomic E-state index is 11.7. The van der Waals surface area contributed by atoms with Crippen molar-refractivity contribution in [1.29, 1.82) is 0 Å². The van der Waals surface area contributed by atoms with Crippen LogP contribution in [0.4, 0.5) is 0 Å². The van der Waals surface area contributed by atoms with E-state index in [0.717, 1.165) is 5.56 Å². The molecule has 0 amide bonds. The van der Waals surface area contributed by atoms with Crippen LogP contribution in [0.3, 0.4) is 0 Å². The number of hydrogen-bond acceptors (Lipinski definition) is 4. The van der Waals surface area contributed by atoms with E-state index in [9.17, 15) is 8.42 Å². The van der Waals surface area contributed by atoms with E-state index in [-0.39, 0.29) is 4.90 Å². The van der Waals surface area contributed by atoms with Crippen LogP contribution in [-0.4, -0.2) is 32.0 Å². The molecule has 0 aliphatic rings. The van der Waals surface area contributed by atoms with E-state index < -0.39 is 10.0 Å². The fraction of sp³-hybridized carbons (Fsp3) is 0.300. The van der Waals surface area contributed by atoms with Gasteiger partial charge in [0.1, 0.15) is 0 Å². The van der Waals surface area contributed by atoms with E-state index in [1.807, 2.05) is 0 Å². The summed E-state index contributed by atoms with van der Waals surface area (Å²) in [7, 11) is -0.348. The number of thiocarbonyl (C=S) groups is 1. The van der Waals surface area contributed by atoms with Gasteiger partial charge in [-0.15, -0.1) is 0 Å². The second-order valence-electron chi connectivity index (χ2n) is 3.34. The Hall–Kier alpha value is -1.07. The van der Waals surface area contributed by atoms with Gasteiger partial charge in [0, 0.05) is 14.1 Å². The average Bonchev–Trinajstić information content (AvgIpc) is 2.26. The summed E-state index contributed by atoms with van der Waals surface area (Å²) in [5, 5.41) is 2.26. The van der Waals surface area contributed by atoms with Crippen LogP contribution in [0.1, 0.15) is 5.56 Å². The molecule has 86 valence electrons. The molecular formula is C10H12N2O2S2. The maximum Gasteiger partial charge on any atom is 0.242 e. The summed E-state index contributed by atoms with van der Waals surface area (Å²) in [6, 6.07) is 6.55. The zero-order chi connectivity index (χ0) is 12.2.